The van der Waals surface area contributed by atoms with Crippen molar-refractivity contribution in [3.8, 4) is 5.75 Å². The molecule has 0 radical (unpaired) electrons. The third-order valence-corrected chi connectivity index (χ3v) is 5.90. The van der Waals surface area contributed by atoms with Crippen LogP contribution >= 0.6 is 0 Å². The fourth-order valence-corrected chi connectivity index (χ4v) is 4.52. The molecular formula is C27H26O5. The lowest BCUT2D eigenvalue weighted by Crippen LogP contribution is -2.46. The SMILES string of the molecule is C=C(Oc1ccc2ccccc2c1)C1c2ccccc2CC1(C(=O)OCC)C(=O)OCC. The van der Waals surface area contributed by atoms with Crippen LogP contribution in [-0.2, 0) is 25.5 Å². The number of carbonyl (C=O) groups excluding carboxylic acids is 2. The molecule has 3 aromatic rings. The number of hydrogen-bond donors (Lipinski definition) is 0. The van der Waals surface area contributed by atoms with Gasteiger partial charge in [0.25, 0.3) is 0 Å². The molecular weight excluding hydrogens is 404 g/mol. The zero-order valence-electron chi connectivity index (χ0n) is 18.3. The van der Waals surface area contributed by atoms with E-state index in [2.05, 4.69) is 6.58 Å². The molecule has 164 valence electrons. The molecule has 1 aliphatic rings. The highest BCUT2D eigenvalue weighted by Crippen LogP contribution is 2.52. The Balaban J connectivity index is 1.77. The van der Waals surface area contributed by atoms with Crippen molar-refractivity contribution in [3.05, 3.63) is 90.2 Å². The molecule has 5 heteroatoms. The Kier molecular flexibility index (Phi) is 5.99. The average molecular weight is 431 g/mol. The van der Waals surface area contributed by atoms with Gasteiger partial charge < -0.3 is 14.2 Å². The van der Waals surface area contributed by atoms with Crippen molar-refractivity contribution in [1.82, 2.24) is 0 Å². The Labute approximate surface area is 187 Å². The zero-order valence-corrected chi connectivity index (χ0v) is 18.3. The summed E-state index contributed by atoms with van der Waals surface area (Å²) in [5.41, 5.74) is 0.116. The quantitative estimate of drug-likeness (QED) is 0.293. The number of carbonyl (C=O) groups is 2. The van der Waals surface area contributed by atoms with Gasteiger partial charge in [0.1, 0.15) is 11.5 Å². The summed E-state index contributed by atoms with van der Waals surface area (Å²) < 4.78 is 16.9. The Morgan fingerprint density at radius 3 is 2.22 bits per heavy atom. The molecule has 1 aliphatic carbocycles. The molecule has 1 atom stereocenters. The van der Waals surface area contributed by atoms with Gasteiger partial charge in [0.2, 0.25) is 0 Å². The van der Waals surface area contributed by atoms with E-state index < -0.39 is 23.3 Å². The van der Waals surface area contributed by atoms with Gasteiger partial charge in [0, 0.05) is 6.42 Å². The Bertz CT molecular complexity index is 1160. The molecule has 3 aromatic carbocycles. The summed E-state index contributed by atoms with van der Waals surface area (Å²) in [4.78, 5) is 26.5. The second-order valence-electron chi connectivity index (χ2n) is 7.80. The van der Waals surface area contributed by atoms with Crippen LogP contribution in [0.2, 0.25) is 0 Å². The largest absolute Gasteiger partial charge is 0.465 e. The first-order valence-corrected chi connectivity index (χ1v) is 10.8. The van der Waals surface area contributed by atoms with E-state index in [1.54, 1.807) is 13.8 Å². The average Bonchev–Trinajstić information content (AvgIpc) is 3.16. The van der Waals surface area contributed by atoms with Crippen molar-refractivity contribution in [2.24, 2.45) is 5.41 Å². The number of hydrogen-bond acceptors (Lipinski definition) is 5. The molecule has 0 saturated heterocycles. The van der Waals surface area contributed by atoms with Crippen molar-refractivity contribution < 1.29 is 23.8 Å². The summed E-state index contributed by atoms with van der Waals surface area (Å²) >= 11 is 0. The van der Waals surface area contributed by atoms with Crippen LogP contribution < -0.4 is 4.74 Å². The second-order valence-corrected chi connectivity index (χ2v) is 7.80. The van der Waals surface area contributed by atoms with Gasteiger partial charge in [0.05, 0.1) is 19.1 Å². The van der Waals surface area contributed by atoms with E-state index >= 15 is 0 Å². The molecule has 0 spiro atoms. The van der Waals surface area contributed by atoms with Crippen LogP contribution in [0.5, 0.6) is 5.75 Å². The molecule has 1 unspecified atom stereocenters. The number of benzene rings is 3. The Morgan fingerprint density at radius 1 is 0.906 bits per heavy atom. The normalized spacial score (nSPS) is 16.2. The van der Waals surface area contributed by atoms with Crippen molar-refractivity contribution >= 4 is 22.7 Å². The minimum Gasteiger partial charge on any atom is -0.465 e. The van der Waals surface area contributed by atoms with Gasteiger partial charge in [-0.1, -0.05) is 61.2 Å². The molecule has 0 fully saturated rings. The predicted octanol–water partition coefficient (Wildman–Crippen LogP) is 5.18. The number of fused-ring (bicyclic) bond motifs is 2. The van der Waals surface area contributed by atoms with E-state index in [0.29, 0.717) is 11.5 Å². The number of rotatable bonds is 7. The first kappa shape index (κ1) is 21.6. The lowest BCUT2D eigenvalue weighted by molar-refractivity contribution is -0.173. The first-order valence-electron chi connectivity index (χ1n) is 10.8. The third-order valence-electron chi connectivity index (χ3n) is 5.90. The molecule has 0 aliphatic heterocycles. The molecule has 5 nitrogen and oxygen atoms in total. The maximum atomic E-state index is 13.3. The summed E-state index contributed by atoms with van der Waals surface area (Å²) in [6.07, 6.45) is 0.172. The molecule has 0 amide bonds. The van der Waals surface area contributed by atoms with Crippen molar-refractivity contribution in [2.75, 3.05) is 13.2 Å². The molecule has 32 heavy (non-hydrogen) atoms. The molecule has 0 bridgehead atoms. The van der Waals surface area contributed by atoms with Gasteiger partial charge in [-0.05, 0) is 47.9 Å². The topological polar surface area (TPSA) is 61.8 Å². The van der Waals surface area contributed by atoms with Gasteiger partial charge in [-0.3, -0.25) is 9.59 Å². The Morgan fingerprint density at radius 2 is 1.53 bits per heavy atom. The molecule has 0 aromatic heterocycles. The lowest BCUT2D eigenvalue weighted by atomic mass is 9.75. The third kappa shape index (κ3) is 3.64. The standard InChI is InChI=1S/C27H26O5/c1-4-30-25(28)27(26(29)31-5-2)17-21-12-8-9-13-23(21)24(27)18(3)32-22-15-14-19-10-6-7-11-20(19)16-22/h6-16,24H,3-5,17H2,1-2H3. The van der Waals surface area contributed by atoms with Crippen LogP contribution in [0.1, 0.15) is 30.9 Å². The second kappa shape index (κ2) is 8.87. The fraction of sp³-hybridized carbons (Fsp3) is 0.259. The van der Waals surface area contributed by atoms with E-state index in [-0.39, 0.29) is 19.6 Å². The van der Waals surface area contributed by atoms with E-state index in [1.807, 2.05) is 66.7 Å². The minimum absolute atomic E-state index is 0.154. The van der Waals surface area contributed by atoms with Crippen molar-refractivity contribution in [1.29, 1.82) is 0 Å². The van der Waals surface area contributed by atoms with Gasteiger partial charge >= 0.3 is 11.9 Å². The van der Waals surface area contributed by atoms with Crippen LogP contribution in [0, 0.1) is 5.41 Å². The highest BCUT2D eigenvalue weighted by atomic mass is 16.6. The summed E-state index contributed by atoms with van der Waals surface area (Å²) in [6, 6.07) is 21.3. The summed E-state index contributed by atoms with van der Waals surface area (Å²) in [5, 5.41) is 2.11. The number of ether oxygens (including phenoxy) is 3. The van der Waals surface area contributed by atoms with Crippen LogP contribution in [0.3, 0.4) is 0 Å². The number of allylic oxidation sites excluding steroid dienone is 1. The van der Waals surface area contributed by atoms with Gasteiger partial charge in [-0.2, -0.15) is 0 Å². The van der Waals surface area contributed by atoms with Crippen molar-refractivity contribution in [3.63, 3.8) is 0 Å². The zero-order chi connectivity index (χ0) is 22.7. The molecule has 0 N–H and O–H groups in total. The smallest absolute Gasteiger partial charge is 0.324 e. The Hall–Kier alpha value is -3.60. The molecule has 4 rings (SSSR count). The summed E-state index contributed by atoms with van der Waals surface area (Å²) in [7, 11) is 0. The summed E-state index contributed by atoms with van der Waals surface area (Å²) in [5.74, 6) is -1.10. The monoisotopic (exact) mass is 430 g/mol. The fourth-order valence-electron chi connectivity index (χ4n) is 4.52. The van der Waals surface area contributed by atoms with Crippen LogP contribution in [0.15, 0.2) is 79.1 Å². The van der Waals surface area contributed by atoms with E-state index in [0.717, 1.165) is 21.9 Å². The van der Waals surface area contributed by atoms with Gasteiger partial charge in [-0.25, -0.2) is 0 Å². The molecule has 0 saturated carbocycles. The predicted molar refractivity (Wildman–Crippen MR) is 122 cm³/mol. The number of esters is 2. The van der Waals surface area contributed by atoms with Gasteiger partial charge in [0.15, 0.2) is 5.41 Å². The van der Waals surface area contributed by atoms with Gasteiger partial charge in [-0.15, -0.1) is 0 Å². The maximum Gasteiger partial charge on any atom is 0.324 e. The maximum absolute atomic E-state index is 13.3. The highest BCUT2D eigenvalue weighted by molar-refractivity contribution is 6.03. The minimum atomic E-state index is -1.58. The van der Waals surface area contributed by atoms with Crippen LogP contribution in [0.25, 0.3) is 10.8 Å². The van der Waals surface area contributed by atoms with Crippen molar-refractivity contribution in [2.45, 2.75) is 26.2 Å². The van der Waals surface area contributed by atoms with E-state index in [1.165, 1.54) is 0 Å². The lowest BCUT2D eigenvalue weighted by Gasteiger charge is -2.32. The first-order chi connectivity index (χ1) is 15.5. The highest BCUT2D eigenvalue weighted by Gasteiger charge is 2.61. The van der Waals surface area contributed by atoms with Crippen LogP contribution in [0.4, 0.5) is 0 Å². The summed E-state index contributed by atoms with van der Waals surface area (Å²) in [6.45, 7) is 7.89. The molecule has 0 heterocycles. The van der Waals surface area contributed by atoms with Crippen LogP contribution in [-0.4, -0.2) is 25.2 Å². The van der Waals surface area contributed by atoms with E-state index in [9.17, 15) is 9.59 Å². The van der Waals surface area contributed by atoms with E-state index in [4.69, 9.17) is 14.2 Å².